The van der Waals surface area contributed by atoms with Crippen LogP contribution in [0.1, 0.15) is 93.2 Å². The number of aryl methyl sites for hydroxylation is 1. The number of aliphatic hydroxyl groups is 1. The highest BCUT2D eigenvalue weighted by atomic mass is 16.7. The molecule has 1 unspecified atom stereocenters. The molecule has 3 fully saturated rings. The van der Waals surface area contributed by atoms with Crippen molar-refractivity contribution in [3.8, 4) is 0 Å². The number of carbonyl (C=O) groups excluding carboxylic acids is 4. The number of ether oxygens (including phenoxy) is 5. The van der Waals surface area contributed by atoms with E-state index >= 15 is 0 Å². The summed E-state index contributed by atoms with van der Waals surface area (Å²) in [6, 6.07) is 6.59. The Hall–Kier alpha value is -4.36. The molecule has 62 heavy (non-hydrogen) atoms. The third-order valence-corrected chi connectivity index (χ3v) is 13.5. The van der Waals surface area contributed by atoms with Crippen molar-refractivity contribution in [3.05, 3.63) is 36.2 Å². The molecule has 342 valence electrons. The number of methoxy groups -OCH3 is 1. The number of rotatable bonds is 12. The molecule has 3 saturated heterocycles. The first-order chi connectivity index (χ1) is 29.3. The van der Waals surface area contributed by atoms with Gasteiger partial charge in [-0.1, -0.05) is 50.3 Å². The van der Waals surface area contributed by atoms with E-state index in [1.807, 2.05) is 63.3 Å². The molecule has 1 amide bonds. The summed E-state index contributed by atoms with van der Waals surface area (Å²) in [5.41, 5.74) is -0.291. The van der Waals surface area contributed by atoms with Crippen LogP contribution in [0.5, 0.6) is 0 Å². The van der Waals surface area contributed by atoms with Gasteiger partial charge in [0.05, 0.1) is 42.1 Å². The standard InChI is InChI=1S/C44H66N8O10/c1-12-34-44(8)38(51(42(57)62-44)20-16-15-19-50-23-30(45-47-50)24-52-32-18-14-13-17-31(32)46-48-52)27(4)35(53)25(2)22-43(7,58-11)39(28(5)36(54)29(6)40(56)60-34)61-41-37(55)33(49(9)10)21-26(3)59-41/h13-14,17-18,23,25-29,33-34,37-39,41,55H,12,15-16,19-22,24H2,1-11H3/t25-,26-,27+,28+,29-,33+,34-,37-,38?,39-,41+,43+,44-/m1/s1. The average molecular weight is 867 g/mol. The van der Waals surface area contributed by atoms with Crippen LogP contribution >= 0.6 is 0 Å². The Morgan fingerprint density at radius 1 is 0.952 bits per heavy atom. The van der Waals surface area contributed by atoms with Crippen molar-refractivity contribution in [3.63, 3.8) is 0 Å². The normalized spacial score (nSPS) is 35.2. The van der Waals surface area contributed by atoms with Gasteiger partial charge in [-0.15, -0.1) is 10.2 Å². The number of carbonyl (C=O) groups is 4. The zero-order valence-corrected chi connectivity index (χ0v) is 38.1. The molecule has 0 saturated carbocycles. The lowest BCUT2D eigenvalue weighted by atomic mass is 9.73. The largest absolute Gasteiger partial charge is 0.458 e. The number of amides is 1. The SMILES string of the molecule is CC[C@H]1OC(=O)[C@H](C)C(=O)[C@H](C)[C@@H](O[C@@H]2O[C@H](C)C[C@H](N(C)C)[C@H]2O)[C@@](C)(OC)C[C@@H](C)C(=O)[C@H](C)C2N(CCCCn3cc(Cn4nnc5ccccc54)nn3)C(=O)O[C@@]21C. The highest BCUT2D eigenvalue weighted by Crippen LogP contribution is 2.43. The fourth-order valence-corrected chi connectivity index (χ4v) is 9.97. The van der Waals surface area contributed by atoms with Gasteiger partial charge in [-0.05, 0) is 86.0 Å². The summed E-state index contributed by atoms with van der Waals surface area (Å²) in [7, 11) is 5.23. The number of fused-ring (bicyclic) bond motifs is 2. The van der Waals surface area contributed by atoms with Crippen LogP contribution in [-0.2, 0) is 51.2 Å². The fraction of sp³-hybridized carbons (Fsp3) is 0.727. The third kappa shape index (κ3) is 9.44. The topological polar surface area (TPSA) is 203 Å². The summed E-state index contributed by atoms with van der Waals surface area (Å²) < 4.78 is 34.8. The van der Waals surface area contributed by atoms with Crippen LogP contribution in [0.3, 0.4) is 0 Å². The first-order valence-corrected chi connectivity index (χ1v) is 22.0. The number of likely N-dealkylation sites (N-methyl/N-ethyl adjacent to an activating group) is 1. The predicted octanol–water partition coefficient (Wildman–Crippen LogP) is 4.06. The number of benzene rings is 1. The molecule has 0 radical (unpaired) electrons. The van der Waals surface area contributed by atoms with E-state index in [9.17, 15) is 24.3 Å². The molecule has 1 aromatic carbocycles. The average Bonchev–Trinajstić information content (AvgIpc) is 3.94. The number of hydrogen-bond donors (Lipinski definition) is 1. The molecule has 3 aliphatic rings. The van der Waals surface area contributed by atoms with Crippen LogP contribution in [0, 0.1) is 23.7 Å². The Morgan fingerprint density at radius 2 is 1.66 bits per heavy atom. The quantitative estimate of drug-likeness (QED) is 0.155. The van der Waals surface area contributed by atoms with Gasteiger partial charge in [0.2, 0.25) is 0 Å². The van der Waals surface area contributed by atoms with E-state index in [0.717, 1.165) is 16.7 Å². The Labute approximate surface area is 363 Å². The van der Waals surface area contributed by atoms with Crippen molar-refractivity contribution in [2.75, 3.05) is 27.7 Å². The molecule has 0 spiro atoms. The number of aliphatic hydroxyl groups excluding tert-OH is 1. The fourth-order valence-electron chi connectivity index (χ4n) is 9.97. The number of Topliss-reactive ketones (excluding diaryl/α,β-unsaturated/α-hetero) is 2. The minimum atomic E-state index is -1.43. The summed E-state index contributed by atoms with van der Waals surface area (Å²) in [5, 5.41) is 28.5. The zero-order chi connectivity index (χ0) is 45.3. The number of cyclic esters (lactones) is 1. The molecular formula is C44H66N8O10. The maximum atomic E-state index is 14.8. The molecule has 6 rings (SSSR count). The van der Waals surface area contributed by atoms with E-state index in [-0.39, 0.29) is 37.3 Å². The van der Waals surface area contributed by atoms with Gasteiger partial charge < -0.3 is 38.6 Å². The molecule has 18 heteroatoms. The first kappa shape index (κ1) is 47.1. The zero-order valence-electron chi connectivity index (χ0n) is 38.1. The predicted molar refractivity (Wildman–Crippen MR) is 225 cm³/mol. The van der Waals surface area contributed by atoms with Crippen LogP contribution in [0.4, 0.5) is 4.79 Å². The number of unbranched alkanes of at least 4 members (excludes halogenated alkanes) is 1. The Kier molecular flexibility index (Phi) is 14.6. The molecule has 2 aromatic heterocycles. The maximum absolute atomic E-state index is 14.8. The van der Waals surface area contributed by atoms with Gasteiger partial charge in [0.15, 0.2) is 17.7 Å². The number of esters is 1. The van der Waals surface area contributed by atoms with E-state index in [0.29, 0.717) is 32.4 Å². The summed E-state index contributed by atoms with van der Waals surface area (Å²) in [6.07, 6.45) is -1.13. The number of hydrogen-bond acceptors (Lipinski definition) is 15. The number of ketones is 2. The summed E-state index contributed by atoms with van der Waals surface area (Å²) in [5.74, 6) is -5.05. The lowest BCUT2D eigenvalue weighted by Gasteiger charge is -2.47. The highest BCUT2D eigenvalue weighted by Gasteiger charge is 2.60. The van der Waals surface area contributed by atoms with Crippen LogP contribution in [0.15, 0.2) is 30.5 Å². The second kappa shape index (κ2) is 19.2. The van der Waals surface area contributed by atoms with E-state index in [4.69, 9.17) is 23.7 Å². The van der Waals surface area contributed by atoms with E-state index in [2.05, 4.69) is 20.6 Å². The van der Waals surface area contributed by atoms with Gasteiger partial charge in [-0.25, -0.2) is 9.48 Å². The first-order valence-electron chi connectivity index (χ1n) is 22.0. The number of aromatic nitrogens is 6. The van der Waals surface area contributed by atoms with Gasteiger partial charge in [0.25, 0.3) is 0 Å². The molecule has 0 aliphatic carbocycles. The van der Waals surface area contributed by atoms with Crippen molar-refractivity contribution < 1.29 is 48.0 Å². The minimum absolute atomic E-state index is 0.117. The lowest BCUT2D eigenvalue weighted by Crippen LogP contribution is -2.60. The van der Waals surface area contributed by atoms with E-state index in [1.54, 1.807) is 48.9 Å². The third-order valence-electron chi connectivity index (χ3n) is 13.5. The molecule has 13 atom stereocenters. The van der Waals surface area contributed by atoms with Crippen LogP contribution in [0.25, 0.3) is 11.0 Å². The van der Waals surface area contributed by atoms with Crippen molar-refractivity contribution in [2.45, 2.75) is 155 Å². The van der Waals surface area contributed by atoms with Gasteiger partial charge >= 0.3 is 12.1 Å². The van der Waals surface area contributed by atoms with Gasteiger partial charge in [-0.2, -0.15) is 0 Å². The van der Waals surface area contributed by atoms with Crippen molar-refractivity contribution in [2.24, 2.45) is 23.7 Å². The number of nitrogens with zero attached hydrogens (tertiary/aromatic N) is 8. The smallest absolute Gasteiger partial charge is 0.410 e. The van der Waals surface area contributed by atoms with Gasteiger partial charge in [0.1, 0.15) is 35.1 Å². The summed E-state index contributed by atoms with van der Waals surface area (Å²) in [4.78, 5) is 60.5. The Bertz CT molecular complexity index is 2060. The summed E-state index contributed by atoms with van der Waals surface area (Å²) in [6.45, 7) is 15.1. The lowest BCUT2D eigenvalue weighted by molar-refractivity contribution is -0.295. The number of para-hydroxylation sites is 1. The van der Waals surface area contributed by atoms with Crippen molar-refractivity contribution in [1.82, 2.24) is 39.8 Å². The maximum Gasteiger partial charge on any atom is 0.410 e. The second-order valence-electron chi connectivity index (χ2n) is 18.3. The molecular weight excluding hydrogens is 801 g/mol. The molecule has 18 nitrogen and oxygen atoms in total. The Balaban J connectivity index is 1.23. The molecule has 1 N–H and O–H groups in total. The van der Waals surface area contributed by atoms with Crippen LogP contribution < -0.4 is 0 Å². The van der Waals surface area contributed by atoms with Crippen LogP contribution in [0.2, 0.25) is 0 Å². The van der Waals surface area contributed by atoms with Gasteiger partial charge in [0, 0.05) is 44.0 Å². The van der Waals surface area contributed by atoms with Gasteiger partial charge in [-0.3, -0.25) is 19.1 Å². The van der Waals surface area contributed by atoms with Crippen molar-refractivity contribution >= 4 is 34.7 Å². The minimum Gasteiger partial charge on any atom is -0.458 e. The molecule has 0 bridgehead atoms. The monoisotopic (exact) mass is 866 g/mol. The van der Waals surface area contributed by atoms with E-state index in [1.165, 1.54) is 14.0 Å². The highest BCUT2D eigenvalue weighted by molar-refractivity contribution is 6.00. The van der Waals surface area contributed by atoms with Crippen LogP contribution in [-0.4, -0.2) is 150 Å². The van der Waals surface area contributed by atoms with Crippen molar-refractivity contribution in [1.29, 1.82) is 0 Å². The van der Waals surface area contributed by atoms with E-state index < -0.39 is 83.4 Å². The molecule has 3 aliphatic heterocycles. The second-order valence-corrected chi connectivity index (χ2v) is 18.3. The Morgan fingerprint density at radius 3 is 2.35 bits per heavy atom. The molecule has 3 aromatic rings. The summed E-state index contributed by atoms with van der Waals surface area (Å²) >= 11 is 0. The molecule has 5 heterocycles.